The molecule has 3 aromatic rings. The smallest absolute Gasteiger partial charge is 0.407 e. The Hall–Kier alpha value is -3.61. The zero-order chi connectivity index (χ0) is 21.3. The molecule has 2 amide bonds. The minimum atomic E-state index is -0.529. The van der Waals surface area contributed by atoms with Gasteiger partial charge in [0.2, 0.25) is 0 Å². The van der Waals surface area contributed by atoms with Crippen LogP contribution in [0.15, 0.2) is 57.7 Å². The topological polar surface area (TPSA) is 88.8 Å². The number of fused-ring (bicyclic) bond motifs is 1. The van der Waals surface area contributed by atoms with Crippen molar-refractivity contribution >= 4 is 23.0 Å². The number of nitrogens with one attached hydrogen (secondary N) is 1. The minimum absolute atomic E-state index is 0.000794. The van der Waals surface area contributed by atoms with Crippen LogP contribution in [0.4, 0.5) is 4.79 Å². The molecule has 0 unspecified atom stereocenters. The molecule has 2 aromatic carbocycles. The van der Waals surface area contributed by atoms with Crippen LogP contribution in [0, 0.1) is 13.8 Å². The number of likely N-dealkylation sites (tertiary alicyclic amines) is 1. The standard InChI is InChI=1S/C23H22N2O5/c1-14-8-18-19(26)10-21(30-20(18)9-15(14)2)22(27)25-11-17(12-25)24-23(28)29-13-16-6-4-3-5-7-16/h3-10,17H,11-13H2,1-2H3,(H,24,28). The number of alkyl carbamates (subject to hydrolysis) is 1. The highest BCUT2D eigenvalue weighted by atomic mass is 16.5. The third kappa shape index (κ3) is 4.05. The maximum absolute atomic E-state index is 12.7. The molecule has 2 heterocycles. The first-order valence-electron chi connectivity index (χ1n) is 9.72. The van der Waals surface area contributed by atoms with Gasteiger partial charge in [-0.15, -0.1) is 0 Å². The van der Waals surface area contributed by atoms with Gasteiger partial charge in [0.05, 0.1) is 11.4 Å². The predicted molar refractivity (Wildman–Crippen MR) is 111 cm³/mol. The van der Waals surface area contributed by atoms with E-state index in [1.54, 1.807) is 12.1 Å². The molecule has 1 fully saturated rings. The molecule has 7 nitrogen and oxygen atoms in total. The molecule has 1 saturated heterocycles. The van der Waals surface area contributed by atoms with E-state index in [-0.39, 0.29) is 29.7 Å². The number of carbonyl (C=O) groups is 2. The Kier molecular flexibility index (Phi) is 5.27. The quantitative estimate of drug-likeness (QED) is 0.719. The van der Waals surface area contributed by atoms with E-state index in [2.05, 4.69) is 5.32 Å². The number of hydrogen-bond donors (Lipinski definition) is 1. The lowest BCUT2D eigenvalue weighted by atomic mass is 10.1. The highest BCUT2D eigenvalue weighted by Crippen LogP contribution is 2.20. The molecule has 0 atom stereocenters. The van der Waals surface area contributed by atoms with Crippen LogP contribution < -0.4 is 10.7 Å². The van der Waals surface area contributed by atoms with Gasteiger partial charge in [-0.25, -0.2) is 4.79 Å². The summed E-state index contributed by atoms with van der Waals surface area (Å²) in [5.74, 6) is -0.371. The first-order chi connectivity index (χ1) is 14.4. The van der Waals surface area contributed by atoms with Crippen molar-refractivity contribution in [1.82, 2.24) is 10.2 Å². The van der Waals surface area contributed by atoms with Crippen LogP contribution in [0.1, 0.15) is 27.2 Å². The van der Waals surface area contributed by atoms with Gasteiger partial charge in [0.25, 0.3) is 5.91 Å². The van der Waals surface area contributed by atoms with Crippen LogP contribution in [-0.4, -0.2) is 36.0 Å². The van der Waals surface area contributed by atoms with Crippen molar-refractivity contribution in [2.45, 2.75) is 26.5 Å². The fraction of sp³-hybridized carbons (Fsp3) is 0.261. The molecule has 4 rings (SSSR count). The number of nitrogens with zero attached hydrogens (tertiary/aromatic N) is 1. The van der Waals surface area contributed by atoms with Gasteiger partial charge in [-0.3, -0.25) is 9.59 Å². The minimum Gasteiger partial charge on any atom is -0.451 e. The third-order valence-corrected chi connectivity index (χ3v) is 5.26. The molecule has 7 heteroatoms. The van der Waals surface area contributed by atoms with Crippen molar-refractivity contribution in [2.24, 2.45) is 0 Å². The number of hydrogen-bond acceptors (Lipinski definition) is 5. The van der Waals surface area contributed by atoms with E-state index in [4.69, 9.17) is 9.15 Å². The van der Waals surface area contributed by atoms with E-state index in [1.807, 2.05) is 44.2 Å². The molecule has 0 spiro atoms. The predicted octanol–water partition coefficient (Wildman–Crippen LogP) is 3.16. The first-order valence-corrected chi connectivity index (χ1v) is 9.72. The first kappa shape index (κ1) is 19.7. The molecule has 1 aromatic heterocycles. The Bertz CT molecular complexity index is 1160. The highest BCUT2D eigenvalue weighted by Gasteiger charge is 2.34. The van der Waals surface area contributed by atoms with Gasteiger partial charge in [0.15, 0.2) is 11.2 Å². The summed E-state index contributed by atoms with van der Waals surface area (Å²) in [5, 5.41) is 3.19. The summed E-state index contributed by atoms with van der Waals surface area (Å²) in [6, 6.07) is 14.0. The molecule has 1 aliphatic rings. The second-order valence-corrected chi connectivity index (χ2v) is 7.52. The Morgan fingerprint density at radius 3 is 2.53 bits per heavy atom. The SMILES string of the molecule is Cc1cc2oc(C(=O)N3CC(NC(=O)OCc4ccccc4)C3)cc(=O)c2cc1C. The molecule has 154 valence electrons. The van der Waals surface area contributed by atoms with E-state index in [1.165, 1.54) is 11.0 Å². The third-order valence-electron chi connectivity index (χ3n) is 5.26. The summed E-state index contributed by atoms with van der Waals surface area (Å²) in [5.41, 5.74) is 3.02. The average molecular weight is 406 g/mol. The Balaban J connectivity index is 1.34. The van der Waals surface area contributed by atoms with Crippen molar-refractivity contribution in [1.29, 1.82) is 0 Å². The van der Waals surface area contributed by atoms with Crippen LogP contribution in [0.3, 0.4) is 0 Å². The fourth-order valence-corrected chi connectivity index (χ4v) is 3.34. The number of rotatable bonds is 4. The van der Waals surface area contributed by atoms with E-state index in [0.717, 1.165) is 16.7 Å². The summed E-state index contributed by atoms with van der Waals surface area (Å²) in [6.07, 6.45) is -0.529. The van der Waals surface area contributed by atoms with Crippen molar-refractivity contribution < 1.29 is 18.7 Å². The second-order valence-electron chi connectivity index (χ2n) is 7.52. The largest absolute Gasteiger partial charge is 0.451 e. The van der Waals surface area contributed by atoms with Gasteiger partial charge in [-0.05, 0) is 42.7 Å². The number of ether oxygens (including phenoxy) is 1. The van der Waals surface area contributed by atoms with E-state index < -0.39 is 6.09 Å². The number of carbonyl (C=O) groups excluding carboxylic acids is 2. The Morgan fingerprint density at radius 2 is 1.80 bits per heavy atom. The van der Waals surface area contributed by atoms with E-state index in [0.29, 0.717) is 24.1 Å². The Morgan fingerprint density at radius 1 is 1.10 bits per heavy atom. The van der Waals surface area contributed by atoms with Crippen molar-refractivity contribution in [3.8, 4) is 0 Å². The molecule has 0 aliphatic carbocycles. The van der Waals surface area contributed by atoms with Crippen molar-refractivity contribution in [3.63, 3.8) is 0 Å². The van der Waals surface area contributed by atoms with Crippen molar-refractivity contribution in [2.75, 3.05) is 13.1 Å². The van der Waals surface area contributed by atoms with Crippen LogP contribution in [0.5, 0.6) is 0 Å². The molecular weight excluding hydrogens is 384 g/mol. The fourth-order valence-electron chi connectivity index (χ4n) is 3.34. The summed E-state index contributed by atoms with van der Waals surface area (Å²) < 4.78 is 10.9. The second kappa shape index (κ2) is 8.02. The molecular formula is C23H22N2O5. The van der Waals surface area contributed by atoms with Gasteiger partial charge < -0.3 is 19.4 Å². The highest BCUT2D eigenvalue weighted by molar-refractivity contribution is 5.94. The normalized spacial score (nSPS) is 13.7. The monoisotopic (exact) mass is 406 g/mol. The molecule has 0 bridgehead atoms. The number of amides is 2. The van der Waals surface area contributed by atoms with Gasteiger partial charge in [-0.1, -0.05) is 30.3 Å². The van der Waals surface area contributed by atoms with Gasteiger partial charge in [0.1, 0.15) is 12.2 Å². The molecule has 0 saturated carbocycles. The number of benzene rings is 2. The van der Waals surface area contributed by atoms with Crippen LogP contribution in [0.25, 0.3) is 11.0 Å². The van der Waals surface area contributed by atoms with Crippen LogP contribution >= 0.6 is 0 Å². The lowest BCUT2D eigenvalue weighted by molar-refractivity contribution is 0.0516. The summed E-state index contributed by atoms with van der Waals surface area (Å²) in [4.78, 5) is 38.5. The zero-order valence-electron chi connectivity index (χ0n) is 16.8. The lowest BCUT2D eigenvalue weighted by Gasteiger charge is -2.38. The summed E-state index contributed by atoms with van der Waals surface area (Å²) >= 11 is 0. The number of aryl methyl sites for hydroxylation is 2. The maximum atomic E-state index is 12.7. The maximum Gasteiger partial charge on any atom is 0.407 e. The van der Waals surface area contributed by atoms with Crippen LogP contribution in [-0.2, 0) is 11.3 Å². The molecule has 1 N–H and O–H groups in total. The zero-order valence-corrected chi connectivity index (χ0v) is 16.8. The van der Waals surface area contributed by atoms with Crippen LogP contribution in [0.2, 0.25) is 0 Å². The van der Waals surface area contributed by atoms with E-state index in [9.17, 15) is 14.4 Å². The summed E-state index contributed by atoms with van der Waals surface area (Å²) in [7, 11) is 0. The lowest BCUT2D eigenvalue weighted by Crippen LogP contribution is -2.61. The van der Waals surface area contributed by atoms with Crippen molar-refractivity contribution in [3.05, 3.63) is 81.2 Å². The van der Waals surface area contributed by atoms with Gasteiger partial charge in [-0.2, -0.15) is 0 Å². The molecule has 30 heavy (non-hydrogen) atoms. The molecule has 1 aliphatic heterocycles. The van der Waals surface area contributed by atoms with Gasteiger partial charge in [0, 0.05) is 19.2 Å². The summed E-state index contributed by atoms with van der Waals surface area (Å²) in [6.45, 7) is 4.68. The molecule has 0 radical (unpaired) electrons. The van der Waals surface area contributed by atoms with E-state index >= 15 is 0 Å². The van der Waals surface area contributed by atoms with Gasteiger partial charge >= 0.3 is 6.09 Å². The average Bonchev–Trinajstić information content (AvgIpc) is 2.70. The Labute approximate surface area is 173 Å².